The molecule has 1 heterocycles. The molecule has 0 radical (unpaired) electrons. The van der Waals surface area contributed by atoms with Crippen molar-refractivity contribution in [2.75, 3.05) is 6.26 Å². The average molecular weight is 148 g/mol. The van der Waals surface area contributed by atoms with Gasteiger partial charge < -0.3 is 9.47 Å². The predicted molar refractivity (Wildman–Crippen MR) is 29.9 cm³/mol. The number of thioether (sulfide) groups is 1. The third-order valence-corrected chi connectivity index (χ3v) is 1.51. The maximum absolute atomic E-state index is 10.4. The fourth-order valence-electron chi connectivity index (χ4n) is 0.434. The van der Waals surface area contributed by atoms with Crippen LogP contribution in [0.15, 0.2) is 0 Å². The topological polar surface area (TPSA) is 52.6 Å². The second-order valence-electron chi connectivity index (χ2n) is 1.36. The highest BCUT2D eigenvalue weighted by Crippen LogP contribution is 2.17. The van der Waals surface area contributed by atoms with Crippen molar-refractivity contribution in [3.05, 3.63) is 0 Å². The van der Waals surface area contributed by atoms with Crippen molar-refractivity contribution in [2.24, 2.45) is 0 Å². The average Bonchev–Trinajstić information content (AvgIpc) is 2.10. The number of cyclic esters (lactones) is 3. The van der Waals surface area contributed by atoms with Gasteiger partial charge in [0, 0.05) is 0 Å². The molecule has 1 rings (SSSR count). The molecule has 1 atom stereocenters. The van der Waals surface area contributed by atoms with Crippen molar-refractivity contribution >= 4 is 23.9 Å². The summed E-state index contributed by atoms with van der Waals surface area (Å²) in [4.78, 5) is 20.6. The maximum Gasteiger partial charge on any atom is 0.518 e. The van der Waals surface area contributed by atoms with E-state index in [1.54, 1.807) is 6.26 Å². The van der Waals surface area contributed by atoms with Crippen molar-refractivity contribution < 1.29 is 19.1 Å². The molecule has 4 nitrogen and oxygen atoms in total. The first-order valence-electron chi connectivity index (χ1n) is 2.19. The van der Waals surface area contributed by atoms with E-state index in [0.29, 0.717) is 0 Å². The molecule has 0 spiro atoms. The van der Waals surface area contributed by atoms with Crippen LogP contribution < -0.4 is 0 Å². The van der Waals surface area contributed by atoms with Crippen LogP contribution >= 0.6 is 11.8 Å². The molecule has 0 saturated carbocycles. The first-order chi connectivity index (χ1) is 4.24. The zero-order valence-electron chi connectivity index (χ0n) is 4.62. The molecule has 0 aromatic carbocycles. The number of rotatable bonds is 1. The summed E-state index contributed by atoms with van der Waals surface area (Å²) in [5, 5.41) is 0. The molecule has 0 aliphatic carbocycles. The van der Waals surface area contributed by atoms with Crippen molar-refractivity contribution in [2.45, 2.75) is 5.44 Å². The van der Waals surface area contributed by atoms with E-state index in [1.165, 1.54) is 0 Å². The predicted octanol–water partition coefficient (Wildman–Crippen LogP) is 0.369. The molecule has 1 fully saturated rings. The van der Waals surface area contributed by atoms with Crippen molar-refractivity contribution in [1.29, 1.82) is 0 Å². The molecule has 0 aromatic rings. The van der Waals surface area contributed by atoms with Gasteiger partial charge in [0.05, 0.1) is 0 Å². The van der Waals surface area contributed by atoms with Gasteiger partial charge in [0.15, 0.2) is 0 Å². The number of carbonyl (C=O) groups is 2. The van der Waals surface area contributed by atoms with Crippen LogP contribution in [0, 0.1) is 0 Å². The van der Waals surface area contributed by atoms with E-state index < -0.39 is 17.6 Å². The Bertz CT molecular complexity index is 155. The fourth-order valence-corrected chi connectivity index (χ4v) is 0.850. The lowest BCUT2D eigenvalue weighted by Gasteiger charge is -1.94. The van der Waals surface area contributed by atoms with E-state index in [9.17, 15) is 9.59 Å². The van der Waals surface area contributed by atoms with Gasteiger partial charge >= 0.3 is 12.1 Å². The molecule has 0 aromatic heterocycles. The molecule has 50 valence electrons. The summed E-state index contributed by atoms with van der Waals surface area (Å²) in [5.74, 6) is -0.618. The molecule has 1 saturated heterocycles. The van der Waals surface area contributed by atoms with Gasteiger partial charge in [-0.2, -0.15) is 0 Å². The first kappa shape index (κ1) is 6.41. The molecule has 0 N–H and O–H groups in total. The Labute approximate surface area is 55.5 Å². The molecule has 1 unspecified atom stereocenters. The van der Waals surface area contributed by atoms with E-state index in [4.69, 9.17) is 0 Å². The summed E-state index contributed by atoms with van der Waals surface area (Å²) in [7, 11) is 0. The van der Waals surface area contributed by atoms with E-state index >= 15 is 0 Å². The Kier molecular flexibility index (Phi) is 1.61. The third-order valence-electron chi connectivity index (χ3n) is 0.794. The van der Waals surface area contributed by atoms with E-state index in [0.717, 1.165) is 11.8 Å². The number of ether oxygens (including phenoxy) is 2. The minimum atomic E-state index is -0.903. The molecule has 0 amide bonds. The van der Waals surface area contributed by atoms with Crippen molar-refractivity contribution in [3.63, 3.8) is 0 Å². The van der Waals surface area contributed by atoms with Crippen LogP contribution in [0.2, 0.25) is 0 Å². The first-order valence-corrected chi connectivity index (χ1v) is 3.48. The lowest BCUT2D eigenvalue weighted by Crippen LogP contribution is -2.09. The molecule has 5 heteroatoms. The van der Waals surface area contributed by atoms with Gasteiger partial charge in [0.25, 0.3) is 0 Å². The Morgan fingerprint density at radius 2 is 2.22 bits per heavy atom. The van der Waals surface area contributed by atoms with Crippen LogP contribution in [-0.2, 0) is 14.3 Å². The minimum Gasteiger partial charge on any atom is -0.407 e. The largest absolute Gasteiger partial charge is 0.518 e. The molecule has 0 bridgehead atoms. The van der Waals surface area contributed by atoms with Gasteiger partial charge in [0.1, 0.15) is 0 Å². The van der Waals surface area contributed by atoms with Crippen molar-refractivity contribution in [3.8, 4) is 0 Å². The van der Waals surface area contributed by atoms with E-state index in [-0.39, 0.29) is 0 Å². The van der Waals surface area contributed by atoms with Gasteiger partial charge in [-0.3, -0.25) is 0 Å². The fraction of sp³-hybridized carbons (Fsp3) is 0.500. The second-order valence-corrected chi connectivity index (χ2v) is 2.26. The number of carbonyl (C=O) groups excluding carboxylic acids is 2. The molecular weight excluding hydrogens is 144 g/mol. The lowest BCUT2D eigenvalue weighted by molar-refractivity contribution is -0.134. The zero-order chi connectivity index (χ0) is 6.85. The van der Waals surface area contributed by atoms with Crippen LogP contribution in [0.4, 0.5) is 4.79 Å². The summed E-state index contributed by atoms with van der Waals surface area (Å²) < 4.78 is 8.42. The summed E-state index contributed by atoms with van der Waals surface area (Å²) >= 11 is 1.13. The number of hydrogen-bond acceptors (Lipinski definition) is 5. The van der Waals surface area contributed by atoms with Crippen LogP contribution in [-0.4, -0.2) is 23.8 Å². The maximum atomic E-state index is 10.4. The zero-order valence-corrected chi connectivity index (χ0v) is 5.44. The Morgan fingerprint density at radius 3 is 2.44 bits per heavy atom. The Hall–Kier alpha value is -0.710. The van der Waals surface area contributed by atoms with Crippen molar-refractivity contribution in [1.82, 2.24) is 0 Å². The highest BCUT2D eigenvalue weighted by Gasteiger charge is 2.34. The second kappa shape index (κ2) is 2.26. The Balaban J connectivity index is 2.58. The highest BCUT2D eigenvalue weighted by atomic mass is 32.2. The van der Waals surface area contributed by atoms with Crippen LogP contribution in [0.25, 0.3) is 0 Å². The SMILES string of the molecule is CSC1OC(=O)OC1=O. The third kappa shape index (κ3) is 1.16. The number of esters is 1. The summed E-state index contributed by atoms with van der Waals surface area (Å²) in [6.07, 6.45) is 0.754. The molecule has 1 aliphatic rings. The lowest BCUT2D eigenvalue weighted by atomic mass is 10.7. The molecule has 9 heavy (non-hydrogen) atoms. The molecule has 1 aliphatic heterocycles. The van der Waals surface area contributed by atoms with Gasteiger partial charge in [-0.25, -0.2) is 9.59 Å². The van der Waals surface area contributed by atoms with Gasteiger partial charge in [0.2, 0.25) is 5.44 Å². The normalized spacial score (nSPS) is 25.7. The van der Waals surface area contributed by atoms with Crippen LogP contribution in [0.5, 0.6) is 0 Å². The van der Waals surface area contributed by atoms with Crippen LogP contribution in [0.1, 0.15) is 0 Å². The minimum absolute atomic E-state index is 0.618. The molecular formula is C4H4O4S. The van der Waals surface area contributed by atoms with Crippen LogP contribution in [0.3, 0.4) is 0 Å². The van der Waals surface area contributed by atoms with Gasteiger partial charge in [-0.15, -0.1) is 11.8 Å². The van der Waals surface area contributed by atoms with Gasteiger partial charge in [-0.05, 0) is 6.26 Å². The summed E-state index contributed by atoms with van der Waals surface area (Å²) in [6.45, 7) is 0. The summed E-state index contributed by atoms with van der Waals surface area (Å²) in [5.41, 5.74) is -0.752. The van der Waals surface area contributed by atoms with E-state index in [2.05, 4.69) is 9.47 Å². The standard InChI is InChI=1S/C4H4O4S/c1-9-3-2(5)7-4(6)8-3/h3H,1H3. The highest BCUT2D eigenvalue weighted by molar-refractivity contribution is 7.99. The quantitative estimate of drug-likeness (QED) is 0.397. The summed E-state index contributed by atoms with van der Waals surface area (Å²) in [6, 6.07) is 0. The monoisotopic (exact) mass is 148 g/mol. The van der Waals surface area contributed by atoms with Gasteiger partial charge in [-0.1, -0.05) is 0 Å². The van der Waals surface area contributed by atoms with E-state index in [1.807, 2.05) is 0 Å². The number of hydrogen-bond donors (Lipinski definition) is 0. The Morgan fingerprint density at radius 1 is 1.56 bits per heavy atom. The smallest absolute Gasteiger partial charge is 0.407 e.